The first-order valence-corrected chi connectivity index (χ1v) is 7.40. The van der Waals surface area contributed by atoms with Gasteiger partial charge in [0.15, 0.2) is 0 Å². The van der Waals surface area contributed by atoms with Gasteiger partial charge < -0.3 is 5.32 Å². The summed E-state index contributed by atoms with van der Waals surface area (Å²) in [6.07, 6.45) is 1.79. The molecule has 0 unspecified atom stereocenters. The van der Waals surface area contributed by atoms with E-state index in [-0.39, 0.29) is 5.28 Å². The molecule has 0 bridgehead atoms. The number of thiophene rings is 1. The van der Waals surface area contributed by atoms with Crippen molar-refractivity contribution in [2.75, 3.05) is 11.9 Å². The van der Waals surface area contributed by atoms with Gasteiger partial charge in [0.1, 0.15) is 10.6 Å². The van der Waals surface area contributed by atoms with Gasteiger partial charge in [-0.3, -0.25) is 0 Å². The molecular formula is C15H12ClN3S. The zero-order valence-electron chi connectivity index (χ0n) is 10.6. The maximum absolute atomic E-state index is 5.98. The number of fused-ring (bicyclic) bond motifs is 1. The van der Waals surface area contributed by atoms with Gasteiger partial charge >= 0.3 is 0 Å². The van der Waals surface area contributed by atoms with Crippen LogP contribution in [0.15, 0.2) is 48.4 Å². The molecule has 0 aliphatic carbocycles. The summed E-state index contributed by atoms with van der Waals surface area (Å²) >= 11 is 7.55. The molecule has 0 radical (unpaired) electrons. The molecule has 2 heterocycles. The van der Waals surface area contributed by atoms with Crippen molar-refractivity contribution >= 4 is 39.0 Å². The minimum absolute atomic E-state index is 0.255. The van der Waals surface area contributed by atoms with Gasteiger partial charge in [-0.15, -0.1) is 17.9 Å². The second-order valence-electron chi connectivity index (χ2n) is 4.21. The number of nitrogens with one attached hydrogen (secondary N) is 1. The smallest absolute Gasteiger partial charge is 0.225 e. The van der Waals surface area contributed by atoms with E-state index in [1.807, 2.05) is 18.2 Å². The number of hydrogen-bond acceptors (Lipinski definition) is 4. The molecule has 0 aliphatic heterocycles. The molecular weight excluding hydrogens is 290 g/mol. The van der Waals surface area contributed by atoms with Gasteiger partial charge in [0.25, 0.3) is 0 Å². The van der Waals surface area contributed by atoms with Crippen LogP contribution in [0, 0.1) is 0 Å². The highest BCUT2D eigenvalue weighted by molar-refractivity contribution is 7.17. The second-order valence-corrected chi connectivity index (χ2v) is 5.40. The molecule has 0 fully saturated rings. The molecule has 0 spiro atoms. The number of aromatic nitrogens is 2. The van der Waals surface area contributed by atoms with Crippen molar-refractivity contribution in [1.82, 2.24) is 9.97 Å². The molecule has 100 valence electrons. The zero-order chi connectivity index (χ0) is 13.9. The predicted octanol–water partition coefficient (Wildman–Crippen LogP) is 4.61. The van der Waals surface area contributed by atoms with E-state index < -0.39 is 0 Å². The lowest BCUT2D eigenvalue weighted by atomic mass is 10.1. The summed E-state index contributed by atoms with van der Waals surface area (Å²) in [5.74, 6) is 0.750. The minimum atomic E-state index is 0.255. The van der Waals surface area contributed by atoms with Crippen LogP contribution in [0.5, 0.6) is 0 Å². The van der Waals surface area contributed by atoms with Gasteiger partial charge in [-0.05, 0) is 17.2 Å². The molecule has 2 aromatic heterocycles. The number of anilines is 1. The fourth-order valence-corrected chi connectivity index (χ4v) is 3.21. The molecule has 5 heteroatoms. The van der Waals surface area contributed by atoms with Crippen LogP contribution in [0.25, 0.3) is 21.3 Å². The van der Waals surface area contributed by atoms with Crippen molar-refractivity contribution in [2.45, 2.75) is 0 Å². The fraction of sp³-hybridized carbons (Fsp3) is 0.0667. The van der Waals surface area contributed by atoms with E-state index in [4.69, 9.17) is 11.6 Å². The van der Waals surface area contributed by atoms with Crippen LogP contribution < -0.4 is 5.32 Å². The van der Waals surface area contributed by atoms with Crippen LogP contribution in [0.2, 0.25) is 5.28 Å². The number of nitrogens with zero attached hydrogens (tertiary/aromatic N) is 2. The van der Waals surface area contributed by atoms with E-state index in [2.05, 4.69) is 39.4 Å². The van der Waals surface area contributed by atoms with Crippen molar-refractivity contribution in [3.05, 3.63) is 53.7 Å². The van der Waals surface area contributed by atoms with Crippen molar-refractivity contribution in [2.24, 2.45) is 0 Å². The summed E-state index contributed by atoms with van der Waals surface area (Å²) in [4.78, 5) is 9.48. The van der Waals surface area contributed by atoms with Gasteiger partial charge in [0.05, 0.1) is 5.39 Å². The Morgan fingerprint density at radius 3 is 2.80 bits per heavy atom. The van der Waals surface area contributed by atoms with Gasteiger partial charge in [0.2, 0.25) is 5.28 Å². The number of halogens is 1. The highest BCUT2D eigenvalue weighted by Gasteiger charge is 2.14. The van der Waals surface area contributed by atoms with E-state index in [1.165, 1.54) is 0 Å². The molecule has 0 atom stereocenters. The van der Waals surface area contributed by atoms with Gasteiger partial charge in [-0.1, -0.05) is 36.4 Å². The standard InChI is InChI=1S/C15H12ClN3S/c1-2-8-17-13-12-11(10-6-4-3-5-7-10)9-20-14(12)19-15(16)18-13/h2-7,9H,1,8H2,(H,17,18,19). The van der Waals surface area contributed by atoms with Gasteiger partial charge in [-0.2, -0.15) is 0 Å². The largest absolute Gasteiger partial charge is 0.366 e. The van der Waals surface area contributed by atoms with Crippen LogP contribution in [0.4, 0.5) is 5.82 Å². The molecule has 0 saturated heterocycles. The summed E-state index contributed by atoms with van der Waals surface area (Å²) in [6, 6.07) is 10.2. The molecule has 1 aromatic carbocycles. The van der Waals surface area contributed by atoms with Gasteiger partial charge in [0, 0.05) is 17.5 Å². The molecule has 3 nitrogen and oxygen atoms in total. The van der Waals surface area contributed by atoms with Crippen molar-refractivity contribution < 1.29 is 0 Å². The third-order valence-electron chi connectivity index (χ3n) is 2.90. The monoisotopic (exact) mass is 301 g/mol. The normalized spacial score (nSPS) is 10.7. The topological polar surface area (TPSA) is 37.8 Å². The highest BCUT2D eigenvalue weighted by atomic mass is 35.5. The van der Waals surface area contributed by atoms with E-state index >= 15 is 0 Å². The molecule has 3 aromatic rings. The fourth-order valence-electron chi connectivity index (χ4n) is 2.04. The Bertz CT molecular complexity index is 752. The van der Waals surface area contributed by atoms with Crippen molar-refractivity contribution in [1.29, 1.82) is 0 Å². The first-order chi connectivity index (χ1) is 9.79. The van der Waals surface area contributed by atoms with Crippen LogP contribution in [-0.2, 0) is 0 Å². The first-order valence-electron chi connectivity index (χ1n) is 6.14. The highest BCUT2D eigenvalue weighted by Crippen LogP contribution is 2.37. The zero-order valence-corrected chi connectivity index (χ0v) is 12.2. The Hall–Kier alpha value is -1.91. The molecule has 0 saturated carbocycles. The summed E-state index contributed by atoms with van der Waals surface area (Å²) < 4.78 is 0. The van der Waals surface area contributed by atoms with Gasteiger partial charge in [-0.25, -0.2) is 9.97 Å². The number of rotatable bonds is 4. The lowest BCUT2D eigenvalue weighted by molar-refractivity contribution is 1.19. The van der Waals surface area contributed by atoms with Crippen LogP contribution in [-0.4, -0.2) is 16.5 Å². The van der Waals surface area contributed by atoms with Crippen molar-refractivity contribution in [3.8, 4) is 11.1 Å². The Balaban J connectivity index is 2.21. The summed E-state index contributed by atoms with van der Waals surface area (Å²) in [5.41, 5.74) is 2.26. The third-order valence-corrected chi connectivity index (χ3v) is 3.95. The lowest BCUT2D eigenvalue weighted by Gasteiger charge is -2.07. The molecule has 3 rings (SSSR count). The van der Waals surface area contributed by atoms with Crippen LogP contribution in [0.3, 0.4) is 0 Å². The third kappa shape index (κ3) is 2.40. The maximum Gasteiger partial charge on any atom is 0.225 e. The Morgan fingerprint density at radius 2 is 2.05 bits per heavy atom. The maximum atomic E-state index is 5.98. The predicted molar refractivity (Wildman–Crippen MR) is 86.5 cm³/mol. The van der Waals surface area contributed by atoms with E-state index in [1.54, 1.807) is 17.4 Å². The van der Waals surface area contributed by atoms with E-state index in [0.717, 1.165) is 27.2 Å². The Morgan fingerprint density at radius 1 is 1.25 bits per heavy atom. The first kappa shape index (κ1) is 13.1. The van der Waals surface area contributed by atoms with Crippen LogP contribution in [0.1, 0.15) is 0 Å². The average molecular weight is 302 g/mol. The SMILES string of the molecule is C=CCNc1nc(Cl)nc2scc(-c3ccccc3)c12. The quantitative estimate of drug-likeness (QED) is 0.565. The Labute approximate surface area is 126 Å². The van der Waals surface area contributed by atoms with Crippen molar-refractivity contribution in [3.63, 3.8) is 0 Å². The molecule has 0 amide bonds. The summed E-state index contributed by atoms with van der Waals surface area (Å²) in [5, 5.41) is 6.58. The molecule has 20 heavy (non-hydrogen) atoms. The summed E-state index contributed by atoms with van der Waals surface area (Å²) in [6.45, 7) is 4.34. The number of benzene rings is 1. The summed E-state index contributed by atoms with van der Waals surface area (Å²) in [7, 11) is 0. The minimum Gasteiger partial charge on any atom is -0.366 e. The molecule has 0 aliphatic rings. The van der Waals surface area contributed by atoms with E-state index in [0.29, 0.717) is 6.54 Å². The van der Waals surface area contributed by atoms with E-state index in [9.17, 15) is 0 Å². The average Bonchev–Trinajstić information content (AvgIpc) is 2.89. The lowest BCUT2D eigenvalue weighted by Crippen LogP contribution is -2.02. The molecule has 1 N–H and O–H groups in total. The number of hydrogen-bond donors (Lipinski definition) is 1. The van der Waals surface area contributed by atoms with Crippen LogP contribution >= 0.6 is 22.9 Å². The Kier molecular flexibility index (Phi) is 3.67. The second kappa shape index (κ2) is 5.61.